The smallest absolute Gasteiger partial charge is 0.249 e. The maximum Gasteiger partial charge on any atom is 0.249 e. The normalized spacial score (nSPS) is 17.9. The molecule has 2 aromatic rings. The van der Waals surface area contributed by atoms with Crippen molar-refractivity contribution in [3.63, 3.8) is 0 Å². The van der Waals surface area contributed by atoms with E-state index >= 15 is 0 Å². The van der Waals surface area contributed by atoms with Gasteiger partial charge in [0, 0.05) is 49.8 Å². The molecule has 5 heteroatoms. The molecule has 0 aliphatic carbocycles. The van der Waals surface area contributed by atoms with E-state index in [1.165, 1.54) is 16.8 Å². The highest BCUT2D eigenvalue weighted by Crippen LogP contribution is 2.29. The van der Waals surface area contributed by atoms with Gasteiger partial charge in [-0.15, -0.1) is 0 Å². The number of nitrogens with one attached hydrogen (secondary N) is 1. The molecule has 1 unspecified atom stereocenters. The molecule has 2 heterocycles. The predicted molar refractivity (Wildman–Crippen MR) is 121 cm³/mol. The molecule has 1 amide bonds. The lowest BCUT2D eigenvalue weighted by Crippen LogP contribution is -2.46. The Morgan fingerprint density at radius 2 is 1.83 bits per heavy atom. The monoisotopic (exact) mass is 392 g/mol. The Morgan fingerprint density at radius 3 is 2.55 bits per heavy atom. The maximum atomic E-state index is 13.0. The molecule has 0 radical (unpaired) electrons. The van der Waals surface area contributed by atoms with Crippen LogP contribution in [0.5, 0.6) is 0 Å². The van der Waals surface area contributed by atoms with E-state index in [-0.39, 0.29) is 11.9 Å². The fraction of sp³-hybridized carbons (Fsp3) is 0.458. The Hall–Kier alpha value is -2.53. The molecular weight excluding hydrogens is 360 g/mol. The van der Waals surface area contributed by atoms with Gasteiger partial charge in [-0.3, -0.25) is 4.79 Å². The Labute approximate surface area is 174 Å². The van der Waals surface area contributed by atoms with Crippen LogP contribution in [0.4, 0.5) is 17.1 Å². The fourth-order valence-electron chi connectivity index (χ4n) is 4.42. The summed E-state index contributed by atoms with van der Waals surface area (Å²) < 4.78 is 0. The van der Waals surface area contributed by atoms with Gasteiger partial charge in [0.25, 0.3) is 0 Å². The molecule has 154 valence electrons. The number of fused-ring (bicyclic) bond motifs is 1. The van der Waals surface area contributed by atoms with E-state index in [2.05, 4.69) is 53.2 Å². The number of anilines is 3. The third kappa shape index (κ3) is 4.10. The summed E-state index contributed by atoms with van der Waals surface area (Å²) in [4.78, 5) is 19.9. The standard InChI is InChI=1S/C24H32N4O/c1-4-26-13-15-27(16-14-26)21-9-10-22(18(2)17-21)25-19(3)24(29)28-12-11-20-7-5-6-8-23(20)28/h5-10,17,19,25H,4,11-16H2,1-3H3. The summed E-state index contributed by atoms with van der Waals surface area (Å²) in [7, 11) is 0. The van der Waals surface area contributed by atoms with Crippen LogP contribution < -0.4 is 15.1 Å². The lowest BCUT2D eigenvalue weighted by Gasteiger charge is -2.35. The van der Waals surface area contributed by atoms with E-state index in [1.807, 2.05) is 30.0 Å². The molecule has 1 N–H and O–H groups in total. The van der Waals surface area contributed by atoms with Gasteiger partial charge in [-0.25, -0.2) is 0 Å². The van der Waals surface area contributed by atoms with Crippen LogP contribution in [0.1, 0.15) is 25.0 Å². The van der Waals surface area contributed by atoms with E-state index in [0.29, 0.717) is 0 Å². The van der Waals surface area contributed by atoms with Crippen LogP contribution in [-0.2, 0) is 11.2 Å². The van der Waals surface area contributed by atoms with E-state index in [0.717, 1.165) is 57.1 Å². The van der Waals surface area contributed by atoms with Gasteiger partial charge in [-0.2, -0.15) is 0 Å². The first-order valence-electron chi connectivity index (χ1n) is 10.8. The quantitative estimate of drug-likeness (QED) is 0.845. The zero-order valence-electron chi connectivity index (χ0n) is 17.8. The number of likely N-dealkylation sites (N-methyl/N-ethyl adjacent to an activating group) is 1. The summed E-state index contributed by atoms with van der Waals surface area (Å²) in [6, 6.07) is 14.5. The van der Waals surface area contributed by atoms with Gasteiger partial charge in [0.15, 0.2) is 0 Å². The van der Waals surface area contributed by atoms with Crippen molar-refractivity contribution >= 4 is 23.0 Å². The minimum atomic E-state index is -0.265. The Balaban J connectivity index is 1.41. The zero-order valence-corrected chi connectivity index (χ0v) is 17.8. The molecule has 0 aromatic heterocycles. The number of para-hydroxylation sites is 1. The Kier molecular flexibility index (Phi) is 5.76. The first kappa shape index (κ1) is 19.8. The minimum absolute atomic E-state index is 0.133. The molecule has 2 aliphatic heterocycles. The lowest BCUT2D eigenvalue weighted by molar-refractivity contribution is -0.118. The van der Waals surface area contributed by atoms with E-state index in [1.54, 1.807) is 0 Å². The second-order valence-corrected chi connectivity index (χ2v) is 8.16. The second-order valence-electron chi connectivity index (χ2n) is 8.16. The van der Waals surface area contributed by atoms with E-state index < -0.39 is 0 Å². The van der Waals surface area contributed by atoms with Crippen molar-refractivity contribution < 1.29 is 4.79 Å². The number of nitrogens with zero attached hydrogens (tertiary/aromatic N) is 3. The number of carbonyl (C=O) groups excluding carboxylic acids is 1. The van der Waals surface area contributed by atoms with Crippen molar-refractivity contribution in [1.29, 1.82) is 0 Å². The summed E-state index contributed by atoms with van der Waals surface area (Å²) in [6.45, 7) is 12.6. The Morgan fingerprint density at radius 1 is 1.07 bits per heavy atom. The topological polar surface area (TPSA) is 38.8 Å². The third-order valence-corrected chi connectivity index (χ3v) is 6.29. The molecule has 1 saturated heterocycles. The zero-order chi connectivity index (χ0) is 20.4. The fourth-order valence-corrected chi connectivity index (χ4v) is 4.42. The highest BCUT2D eigenvalue weighted by atomic mass is 16.2. The highest BCUT2D eigenvalue weighted by molar-refractivity contribution is 6.00. The van der Waals surface area contributed by atoms with Crippen LogP contribution in [0.3, 0.4) is 0 Å². The molecule has 5 nitrogen and oxygen atoms in total. The van der Waals surface area contributed by atoms with Gasteiger partial charge >= 0.3 is 0 Å². The van der Waals surface area contributed by atoms with Crippen LogP contribution >= 0.6 is 0 Å². The molecule has 0 bridgehead atoms. The summed E-state index contributed by atoms with van der Waals surface area (Å²) in [5, 5.41) is 3.45. The molecular formula is C24H32N4O. The number of hydrogen-bond acceptors (Lipinski definition) is 4. The number of piperazine rings is 1. The molecule has 1 atom stereocenters. The first-order chi connectivity index (χ1) is 14.1. The molecule has 2 aliphatic rings. The summed E-state index contributed by atoms with van der Waals surface area (Å²) >= 11 is 0. The molecule has 0 spiro atoms. The van der Waals surface area contributed by atoms with Crippen LogP contribution in [-0.4, -0.2) is 56.1 Å². The number of rotatable bonds is 5. The van der Waals surface area contributed by atoms with E-state index in [9.17, 15) is 4.79 Å². The number of carbonyl (C=O) groups is 1. The molecule has 4 rings (SSSR count). The maximum absolute atomic E-state index is 13.0. The first-order valence-corrected chi connectivity index (χ1v) is 10.8. The second kappa shape index (κ2) is 8.46. The summed E-state index contributed by atoms with van der Waals surface area (Å²) in [5.41, 5.74) is 5.81. The molecule has 2 aromatic carbocycles. The van der Waals surface area contributed by atoms with Gasteiger partial charge in [0.1, 0.15) is 6.04 Å². The van der Waals surface area contributed by atoms with Crippen LogP contribution in [0.15, 0.2) is 42.5 Å². The largest absolute Gasteiger partial charge is 0.374 e. The number of hydrogen-bond donors (Lipinski definition) is 1. The molecule has 0 saturated carbocycles. The third-order valence-electron chi connectivity index (χ3n) is 6.29. The van der Waals surface area contributed by atoms with Crippen molar-refractivity contribution in [2.75, 3.05) is 54.4 Å². The number of amides is 1. The average molecular weight is 393 g/mol. The van der Waals surface area contributed by atoms with Gasteiger partial charge in [0.2, 0.25) is 5.91 Å². The predicted octanol–water partition coefficient (Wildman–Crippen LogP) is 3.53. The highest BCUT2D eigenvalue weighted by Gasteiger charge is 2.28. The SMILES string of the molecule is CCN1CCN(c2ccc(NC(C)C(=O)N3CCc4ccccc43)c(C)c2)CC1. The number of aryl methyl sites for hydroxylation is 1. The minimum Gasteiger partial charge on any atom is -0.374 e. The summed E-state index contributed by atoms with van der Waals surface area (Å²) in [6.07, 6.45) is 0.938. The van der Waals surface area contributed by atoms with Crippen LogP contribution in [0.2, 0.25) is 0 Å². The van der Waals surface area contributed by atoms with Crippen molar-refractivity contribution in [1.82, 2.24) is 4.90 Å². The van der Waals surface area contributed by atoms with Crippen LogP contribution in [0, 0.1) is 6.92 Å². The average Bonchev–Trinajstić information content (AvgIpc) is 3.18. The molecule has 29 heavy (non-hydrogen) atoms. The van der Waals surface area contributed by atoms with Crippen LogP contribution in [0.25, 0.3) is 0 Å². The van der Waals surface area contributed by atoms with Crippen molar-refractivity contribution in [3.05, 3.63) is 53.6 Å². The lowest BCUT2D eigenvalue weighted by atomic mass is 10.1. The number of benzene rings is 2. The van der Waals surface area contributed by atoms with Crippen molar-refractivity contribution in [3.8, 4) is 0 Å². The summed E-state index contributed by atoms with van der Waals surface area (Å²) in [5.74, 6) is 0.133. The molecule has 1 fully saturated rings. The van der Waals surface area contributed by atoms with E-state index in [4.69, 9.17) is 0 Å². The van der Waals surface area contributed by atoms with Crippen molar-refractivity contribution in [2.45, 2.75) is 33.2 Å². The Bertz CT molecular complexity index is 873. The van der Waals surface area contributed by atoms with Gasteiger partial charge < -0.3 is 20.0 Å². The van der Waals surface area contributed by atoms with Gasteiger partial charge in [0.05, 0.1) is 0 Å². The van der Waals surface area contributed by atoms with Gasteiger partial charge in [-0.1, -0.05) is 25.1 Å². The van der Waals surface area contributed by atoms with Gasteiger partial charge in [-0.05, 0) is 62.2 Å². The van der Waals surface area contributed by atoms with Crippen molar-refractivity contribution in [2.24, 2.45) is 0 Å².